The summed E-state index contributed by atoms with van der Waals surface area (Å²) in [6.45, 7) is 3.99. The first-order valence-corrected chi connectivity index (χ1v) is 5.97. The molecule has 0 fully saturated rings. The van der Waals surface area contributed by atoms with Crippen LogP contribution >= 0.6 is 0 Å². The number of Topliss-reactive ketones (excluding diaryl/α,β-unsaturated/α-hetero) is 1. The van der Waals surface area contributed by atoms with Crippen LogP contribution in [0, 0.1) is 0 Å². The van der Waals surface area contributed by atoms with Gasteiger partial charge in [-0.05, 0) is 19.4 Å². The van der Waals surface area contributed by atoms with Crippen LogP contribution in [0.4, 0.5) is 0 Å². The number of hydrogen-bond acceptors (Lipinski definition) is 4. The largest absolute Gasteiger partial charge is 0.466 e. The van der Waals surface area contributed by atoms with Gasteiger partial charge >= 0.3 is 5.97 Å². The molecule has 98 valence electrons. The Hall–Kier alpha value is -1.68. The van der Waals surface area contributed by atoms with Gasteiger partial charge in [0.15, 0.2) is 5.78 Å². The number of hydrogen-bond donors (Lipinski definition) is 0. The van der Waals surface area contributed by atoms with E-state index in [1.54, 1.807) is 13.8 Å². The molecule has 0 radical (unpaired) electrons. The fourth-order valence-corrected chi connectivity index (χ4v) is 1.39. The summed E-state index contributed by atoms with van der Waals surface area (Å²) >= 11 is 0. The minimum absolute atomic E-state index is 0.232. The molecule has 0 bridgehead atoms. The Kier molecular flexibility index (Phi) is 6.08. The lowest BCUT2D eigenvalue weighted by atomic mass is 10.2. The number of esters is 1. The van der Waals surface area contributed by atoms with Crippen LogP contribution in [0.3, 0.4) is 0 Å². The van der Waals surface area contributed by atoms with Gasteiger partial charge in [0.05, 0.1) is 13.2 Å². The Bertz CT molecular complexity index is 386. The van der Waals surface area contributed by atoms with Crippen molar-refractivity contribution in [3.05, 3.63) is 35.9 Å². The van der Waals surface area contributed by atoms with Crippen LogP contribution in [0.5, 0.6) is 0 Å². The Labute approximate surface area is 107 Å². The molecule has 0 saturated carbocycles. The van der Waals surface area contributed by atoms with E-state index in [9.17, 15) is 9.59 Å². The summed E-state index contributed by atoms with van der Waals surface area (Å²) in [7, 11) is 0. The molecule has 4 nitrogen and oxygen atoms in total. The van der Waals surface area contributed by atoms with E-state index in [1.165, 1.54) is 0 Å². The topological polar surface area (TPSA) is 52.6 Å². The molecule has 18 heavy (non-hydrogen) atoms. The predicted octanol–water partition coefficient (Wildman–Crippen LogP) is 2.11. The molecule has 1 aromatic carbocycles. The zero-order valence-corrected chi connectivity index (χ0v) is 10.7. The normalized spacial score (nSPS) is 11.9. The summed E-state index contributed by atoms with van der Waals surface area (Å²) in [5.74, 6) is -0.762. The van der Waals surface area contributed by atoms with Gasteiger partial charge in [0.25, 0.3) is 0 Å². The van der Waals surface area contributed by atoms with Crippen molar-refractivity contribution in [2.75, 3.05) is 6.61 Å². The van der Waals surface area contributed by atoms with Gasteiger partial charge in [-0.15, -0.1) is 0 Å². The highest BCUT2D eigenvalue weighted by Crippen LogP contribution is 2.05. The average Bonchev–Trinajstić information content (AvgIpc) is 2.37. The molecule has 0 spiro atoms. The van der Waals surface area contributed by atoms with Crippen molar-refractivity contribution in [3.8, 4) is 0 Å². The minimum atomic E-state index is -0.602. The monoisotopic (exact) mass is 250 g/mol. The van der Waals surface area contributed by atoms with Crippen LogP contribution in [-0.4, -0.2) is 24.5 Å². The summed E-state index contributed by atoms with van der Waals surface area (Å²) in [4.78, 5) is 22.8. The van der Waals surface area contributed by atoms with E-state index < -0.39 is 12.1 Å². The Morgan fingerprint density at radius 1 is 1.22 bits per heavy atom. The second kappa shape index (κ2) is 7.61. The molecular weight excluding hydrogens is 232 g/mol. The van der Waals surface area contributed by atoms with Crippen molar-refractivity contribution in [2.24, 2.45) is 0 Å². The van der Waals surface area contributed by atoms with E-state index in [0.717, 1.165) is 5.56 Å². The number of ether oxygens (including phenoxy) is 2. The third-order valence-corrected chi connectivity index (χ3v) is 2.42. The maximum absolute atomic E-state index is 11.6. The molecule has 0 saturated heterocycles. The van der Waals surface area contributed by atoms with E-state index in [0.29, 0.717) is 6.61 Å². The fraction of sp³-hybridized carbons (Fsp3) is 0.429. The Balaban J connectivity index is 2.34. The van der Waals surface area contributed by atoms with Crippen LogP contribution in [0.1, 0.15) is 25.8 Å². The van der Waals surface area contributed by atoms with Crippen molar-refractivity contribution in [3.63, 3.8) is 0 Å². The number of ketones is 1. The van der Waals surface area contributed by atoms with Crippen LogP contribution in [0.15, 0.2) is 30.3 Å². The number of carbonyl (C=O) groups excluding carboxylic acids is 2. The average molecular weight is 250 g/mol. The van der Waals surface area contributed by atoms with Gasteiger partial charge in [0.1, 0.15) is 12.5 Å². The highest BCUT2D eigenvalue weighted by atomic mass is 16.5. The second-order valence-electron chi connectivity index (χ2n) is 3.89. The van der Waals surface area contributed by atoms with Gasteiger partial charge in [-0.25, -0.2) is 0 Å². The van der Waals surface area contributed by atoms with Crippen molar-refractivity contribution in [1.82, 2.24) is 0 Å². The molecule has 1 aromatic rings. The lowest BCUT2D eigenvalue weighted by Gasteiger charge is -2.11. The van der Waals surface area contributed by atoms with Crippen LogP contribution < -0.4 is 0 Å². The van der Waals surface area contributed by atoms with Gasteiger partial charge < -0.3 is 9.47 Å². The predicted molar refractivity (Wildman–Crippen MR) is 67.0 cm³/mol. The molecule has 0 aliphatic carbocycles. The molecule has 1 rings (SSSR count). The van der Waals surface area contributed by atoms with E-state index in [2.05, 4.69) is 0 Å². The van der Waals surface area contributed by atoms with E-state index >= 15 is 0 Å². The van der Waals surface area contributed by atoms with Crippen LogP contribution in [-0.2, 0) is 25.7 Å². The zero-order chi connectivity index (χ0) is 13.4. The Morgan fingerprint density at radius 3 is 2.50 bits per heavy atom. The summed E-state index contributed by atoms with van der Waals surface area (Å²) < 4.78 is 10.1. The molecular formula is C14H18O4. The smallest absolute Gasteiger partial charge is 0.313 e. The quantitative estimate of drug-likeness (QED) is 0.549. The van der Waals surface area contributed by atoms with Gasteiger partial charge in [-0.1, -0.05) is 30.3 Å². The third kappa shape index (κ3) is 5.10. The van der Waals surface area contributed by atoms with E-state index in [1.807, 2.05) is 30.3 Å². The molecule has 0 heterocycles. The number of carbonyl (C=O) groups is 2. The van der Waals surface area contributed by atoms with E-state index in [-0.39, 0.29) is 18.8 Å². The molecule has 1 atom stereocenters. The second-order valence-corrected chi connectivity index (χ2v) is 3.89. The first kappa shape index (κ1) is 14.4. The summed E-state index contributed by atoms with van der Waals surface area (Å²) in [5, 5.41) is 0. The molecule has 0 aromatic heterocycles. The highest BCUT2D eigenvalue weighted by molar-refractivity contribution is 5.97. The summed E-state index contributed by atoms with van der Waals surface area (Å²) in [6.07, 6.45) is -0.835. The molecule has 0 unspecified atom stereocenters. The molecule has 0 N–H and O–H groups in total. The minimum Gasteiger partial charge on any atom is -0.466 e. The van der Waals surface area contributed by atoms with E-state index in [4.69, 9.17) is 9.47 Å². The molecule has 0 aliphatic heterocycles. The highest BCUT2D eigenvalue weighted by Gasteiger charge is 2.17. The molecule has 0 amide bonds. The van der Waals surface area contributed by atoms with Crippen LogP contribution in [0.25, 0.3) is 0 Å². The number of rotatable bonds is 7. The Morgan fingerprint density at radius 2 is 1.89 bits per heavy atom. The first-order valence-electron chi connectivity index (χ1n) is 5.97. The lowest BCUT2D eigenvalue weighted by molar-refractivity contribution is -0.148. The number of benzene rings is 1. The van der Waals surface area contributed by atoms with Crippen molar-refractivity contribution < 1.29 is 19.1 Å². The zero-order valence-electron chi connectivity index (χ0n) is 10.7. The molecule has 4 heteroatoms. The molecule has 0 aliphatic rings. The van der Waals surface area contributed by atoms with Crippen molar-refractivity contribution in [2.45, 2.75) is 33.0 Å². The lowest BCUT2D eigenvalue weighted by Crippen LogP contribution is -2.24. The standard InChI is InChI=1S/C14H18O4/c1-3-17-14(16)9-13(15)11(2)18-10-12-7-5-4-6-8-12/h4-8,11H,3,9-10H2,1-2H3/t11-/m0/s1. The van der Waals surface area contributed by atoms with Crippen molar-refractivity contribution >= 4 is 11.8 Å². The maximum atomic E-state index is 11.6. The third-order valence-electron chi connectivity index (χ3n) is 2.42. The van der Waals surface area contributed by atoms with Gasteiger partial charge in [0.2, 0.25) is 0 Å². The summed E-state index contributed by atoms with van der Waals surface area (Å²) in [6, 6.07) is 9.57. The summed E-state index contributed by atoms with van der Waals surface area (Å²) in [5.41, 5.74) is 0.994. The maximum Gasteiger partial charge on any atom is 0.313 e. The fourth-order valence-electron chi connectivity index (χ4n) is 1.39. The SMILES string of the molecule is CCOC(=O)CC(=O)[C@H](C)OCc1ccccc1. The van der Waals surface area contributed by atoms with Crippen molar-refractivity contribution in [1.29, 1.82) is 0 Å². The van der Waals surface area contributed by atoms with Gasteiger partial charge in [0, 0.05) is 0 Å². The van der Waals surface area contributed by atoms with Gasteiger partial charge in [-0.2, -0.15) is 0 Å². The van der Waals surface area contributed by atoms with Crippen LogP contribution in [0.2, 0.25) is 0 Å². The first-order chi connectivity index (χ1) is 8.63. The van der Waals surface area contributed by atoms with Gasteiger partial charge in [-0.3, -0.25) is 9.59 Å².